The van der Waals surface area contributed by atoms with Crippen LogP contribution in [-0.2, 0) is 37.5 Å². The molecule has 7 nitrogen and oxygen atoms in total. The fraction of sp³-hybridized carbons (Fsp3) is 0.462. The maximum absolute atomic E-state index is 12.9. The Labute approximate surface area is 227 Å². The van der Waals surface area contributed by atoms with Gasteiger partial charge in [-0.3, -0.25) is 4.79 Å². The number of alkyl halides is 3. The number of amides is 1. The van der Waals surface area contributed by atoms with Crippen molar-refractivity contribution in [1.82, 2.24) is 14.8 Å². The summed E-state index contributed by atoms with van der Waals surface area (Å²) >= 11 is 2.66. The Hall–Kier alpha value is -3.04. The predicted molar refractivity (Wildman–Crippen MR) is 140 cm³/mol. The third-order valence-corrected chi connectivity index (χ3v) is 8.83. The minimum Gasteiger partial charge on any atom is -0.486 e. The number of ether oxygens (including phenoxy) is 1. The number of hydrogen-bond acceptors (Lipinski definition) is 7. The van der Waals surface area contributed by atoms with Crippen LogP contribution in [0.1, 0.15) is 54.6 Å². The van der Waals surface area contributed by atoms with Crippen LogP contribution in [0.25, 0.3) is 0 Å². The van der Waals surface area contributed by atoms with Gasteiger partial charge in [0.25, 0.3) is 0 Å². The molecule has 1 aliphatic rings. The van der Waals surface area contributed by atoms with Crippen molar-refractivity contribution in [3.8, 4) is 11.8 Å². The second kappa shape index (κ2) is 11.0. The van der Waals surface area contributed by atoms with E-state index in [1.807, 2.05) is 0 Å². The summed E-state index contributed by atoms with van der Waals surface area (Å²) in [5, 5.41) is 21.8. The lowest BCUT2D eigenvalue weighted by molar-refractivity contribution is -0.137. The largest absolute Gasteiger partial charge is 0.486 e. The number of halogens is 3. The van der Waals surface area contributed by atoms with Gasteiger partial charge in [0.2, 0.25) is 5.91 Å². The van der Waals surface area contributed by atoms with E-state index in [-0.39, 0.29) is 29.4 Å². The molecule has 38 heavy (non-hydrogen) atoms. The van der Waals surface area contributed by atoms with Crippen molar-refractivity contribution in [3.05, 3.63) is 51.7 Å². The molecule has 4 rings (SSSR count). The molecule has 0 spiro atoms. The zero-order valence-corrected chi connectivity index (χ0v) is 23.1. The Morgan fingerprint density at radius 1 is 1.32 bits per heavy atom. The Balaban J connectivity index is 1.35. The number of carbonyl (C=O) groups excluding carboxylic acids is 1. The Bertz CT molecular complexity index is 1370. The van der Waals surface area contributed by atoms with E-state index >= 15 is 0 Å². The molecule has 12 heteroatoms. The van der Waals surface area contributed by atoms with E-state index in [1.54, 1.807) is 11.6 Å². The first kappa shape index (κ1) is 28.0. The van der Waals surface area contributed by atoms with E-state index in [4.69, 9.17) is 4.74 Å². The third kappa shape index (κ3) is 6.32. The molecule has 1 N–H and O–H groups in total. The van der Waals surface area contributed by atoms with E-state index in [1.165, 1.54) is 40.1 Å². The maximum Gasteiger partial charge on any atom is 0.416 e. The summed E-state index contributed by atoms with van der Waals surface area (Å²) in [4.78, 5) is 13.9. The highest BCUT2D eigenvalue weighted by Crippen LogP contribution is 2.44. The number of benzene rings is 1. The highest BCUT2D eigenvalue weighted by Gasteiger charge is 2.33. The van der Waals surface area contributed by atoms with Gasteiger partial charge in [-0.05, 0) is 54.4 Å². The second-order valence-electron chi connectivity index (χ2n) is 10.2. The average Bonchev–Trinajstić information content (AvgIpc) is 3.38. The van der Waals surface area contributed by atoms with Gasteiger partial charge in [0.05, 0.1) is 16.9 Å². The second-order valence-corrected chi connectivity index (χ2v) is 12.3. The van der Waals surface area contributed by atoms with Crippen molar-refractivity contribution in [3.63, 3.8) is 0 Å². The minimum absolute atomic E-state index is 0.0541. The normalized spacial score (nSPS) is 15.6. The van der Waals surface area contributed by atoms with Crippen LogP contribution < -0.4 is 10.1 Å². The lowest BCUT2D eigenvalue weighted by atomic mass is 9.72. The van der Waals surface area contributed by atoms with Crippen LogP contribution in [0, 0.1) is 22.7 Å². The number of thiophene rings is 1. The molecule has 1 aliphatic carbocycles. The SMILES string of the molecule is Cn1c(COc2cccc(C(F)(F)F)c2)nnc1SCC(=O)Nc1sc2c(c1C#N)CCC(C(C)(C)C)C2. The number of anilines is 1. The van der Waals surface area contributed by atoms with Crippen LogP contribution in [0.4, 0.5) is 18.2 Å². The van der Waals surface area contributed by atoms with Gasteiger partial charge in [-0.25, -0.2) is 0 Å². The average molecular weight is 564 g/mol. The first-order chi connectivity index (χ1) is 17.9. The number of hydrogen-bond donors (Lipinski definition) is 1. The molecule has 0 radical (unpaired) electrons. The van der Waals surface area contributed by atoms with Crippen molar-refractivity contribution >= 4 is 34.0 Å². The van der Waals surface area contributed by atoms with Crippen LogP contribution in [-0.4, -0.2) is 26.4 Å². The molecule has 0 fully saturated rings. The van der Waals surface area contributed by atoms with Crippen LogP contribution in [0.3, 0.4) is 0 Å². The zero-order chi connectivity index (χ0) is 27.7. The number of fused-ring (bicyclic) bond motifs is 1. The summed E-state index contributed by atoms with van der Waals surface area (Å²) in [5.41, 5.74) is 1.00. The van der Waals surface area contributed by atoms with Gasteiger partial charge in [0.15, 0.2) is 11.0 Å². The minimum atomic E-state index is -4.46. The molecule has 1 amide bonds. The van der Waals surface area contributed by atoms with Crippen molar-refractivity contribution in [1.29, 1.82) is 5.26 Å². The number of nitrogens with one attached hydrogen (secondary N) is 1. The summed E-state index contributed by atoms with van der Waals surface area (Å²) in [6.07, 6.45) is -1.68. The standard InChI is InChI=1S/C26H28F3N5O2S2/c1-25(2,3)15-8-9-18-19(12-30)23(38-20(18)11-15)31-22(35)14-37-24-33-32-21(34(24)4)13-36-17-7-5-6-16(10-17)26(27,28)29/h5-7,10,15H,8-9,11,13-14H2,1-4H3,(H,31,35). The third-order valence-electron chi connectivity index (χ3n) is 6.64. The molecule has 0 aliphatic heterocycles. The van der Waals surface area contributed by atoms with E-state index in [2.05, 4.69) is 42.4 Å². The fourth-order valence-corrected chi connectivity index (χ4v) is 6.35. The molecule has 2 aromatic heterocycles. The molecular weight excluding hydrogens is 535 g/mol. The number of aromatic nitrogens is 3. The van der Waals surface area contributed by atoms with Crippen molar-refractivity contribution in [2.45, 2.75) is 58.0 Å². The molecule has 0 bridgehead atoms. The summed E-state index contributed by atoms with van der Waals surface area (Å²) in [5.74, 6) is 0.788. The number of nitriles is 1. The summed E-state index contributed by atoms with van der Waals surface area (Å²) in [7, 11) is 1.69. The highest BCUT2D eigenvalue weighted by atomic mass is 32.2. The van der Waals surface area contributed by atoms with Crippen LogP contribution >= 0.6 is 23.1 Å². The molecular formula is C26H28F3N5O2S2. The lowest BCUT2D eigenvalue weighted by Gasteiger charge is -2.33. The molecule has 1 aromatic carbocycles. The molecule has 3 aromatic rings. The van der Waals surface area contributed by atoms with Crippen LogP contribution in [0.5, 0.6) is 5.75 Å². The molecule has 202 valence electrons. The molecule has 1 atom stereocenters. The fourth-order valence-electron chi connectivity index (χ4n) is 4.33. The number of thioether (sulfide) groups is 1. The Morgan fingerprint density at radius 3 is 2.76 bits per heavy atom. The quantitative estimate of drug-likeness (QED) is 0.343. The monoisotopic (exact) mass is 563 g/mol. The Morgan fingerprint density at radius 2 is 2.08 bits per heavy atom. The first-order valence-electron chi connectivity index (χ1n) is 12.0. The summed E-state index contributed by atoms with van der Waals surface area (Å²) in [6, 6.07) is 6.89. The highest BCUT2D eigenvalue weighted by molar-refractivity contribution is 7.99. The lowest BCUT2D eigenvalue weighted by Crippen LogP contribution is -2.26. The predicted octanol–water partition coefficient (Wildman–Crippen LogP) is 6.23. The van der Waals surface area contributed by atoms with Gasteiger partial charge in [-0.2, -0.15) is 18.4 Å². The van der Waals surface area contributed by atoms with Gasteiger partial charge >= 0.3 is 6.18 Å². The van der Waals surface area contributed by atoms with Gasteiger partial charge in [-0.15, -0.1) is 21.5 Å². The number of carbonyl (C=O) groups is 1. The van der Waals surface area contributed by atoms with Crippen molar-refractivity contribution in [2.75, 3.05) is 11.1 Å². The smallest absolute Gasteiger partial charge is 0.416 e. The van der Waals surface area contributed by atoms with E-state index in [9.17, 15) is 23.2 Å². The van der Waals surface area contributed by atoms with Crippen molar-refractivity contribution < 1.29 is 22.7 Å². The Kier molecular flexibility index (Phi) is 8.09. The van der Waals surface area contributed by atoms with E-state index in [0.29, 0.717) is 27.5 Å². The van der Waals surface area contributed by atoms with Gasteiger partial charge < -0.3 is 14.6 Å². The zero-order valence-electron chi connectivity index (χ0n) is 21.5. The van der Waals surface area contributed by atoms with Gasteiger partial charge in [0.1, 0.15) is 23.4 Å². The van der Waals surface area contributed by atoms with Crippen LogP contribution in [0.15, 0.2) is 29.4 Å². The van der Waals surface area contributed by atoms with E-state index in [0.717, 1.165) is 37.0 Å². The molecule has 0 saturated heterocycles. The molecule has 2 heterocycles. The first-order valence-corrected chi connectivity index (χ1v) is 13.8. The van der Waals surface area contributed by atoms with Gasteiger partial charge in [-0.1, -0.05) is 38.6 Å². The summed E-state index contributed by atoms with van der Waals surface area (Å²) in [6.45, 7) is 6.61. The van der Waals surface area contributed by atoms with Crippen LogP contribution in [0.2, 0.25) is 0 Å². The topological polar surface area (TPSA) is 92.8 Å². The summed E-state index contributed by atoms with van der Waals surface area (Å²) < 4.78 is 45.8. The maximum atomic E-state index is 12.9. The molecule has 0 saturated carbocycles. The van der Waals surface area contributed by atoms with Crippen molar-refractivity contribution in [2.24, 2.45) is 18.4 Å². The number of rotatable bonds is 7. The number of nitrogens with zero attached hydrogens (tertiary/aromatic N) is 4. The van der Waals surface area contributed by atoms with E-state index < -0.39 is 11.7 Å². The van der Waals surface area contributed by atoms with Gasteiger partial charge in [0, 0.05) is 11.9 Å². The molecule has 1 unspecified atom stereocenters.